The first-order chi connectivity index (χ1) is 16.3. The van der Waals surface area contributed by atoms with E-state index in [-0.39, 0.29) is 24.7 Å². The minimum atomic E-state index is -0.759. The van der Waals surface area contributed by atoms with Gasteiger partial charge in [0.1, 0.15) is 17.3 Å². The van der Waals surface area contributed by atoms with Crippen LogP contribution in [0.15, 0.2) is 58.1 Å². The van der Waals surface area contributed by atoms with E-state index >= 15 is 0 Å². The standard InChI is InChI=1S/C24H27ClN4O5/c1-3-4-13-28-22(26)21(23(31)27-24(28)32)29(14-16-7-5-6-8-19(16)33-2)20(30)15-34-18-11-9-17(25)10-12-18/h5-12H,3-4,13-15,26H2,1-2H3,(H,27,31,32). The predicted molar refractivity (Wildman–Crippen MR) is 132 cm³/mol. The molecular weight excluding hydrogens is 460 g/mol. The number of carbonyl (C=O) groups excluding carboxylic acids is 1. The normalized spacial score (nSPS) is 10.7. The van der Waals surface area contributed by atoms with Crippen molar-refractivity contribution in [1.29, 1.82) is 0 Å². The Morgan fingerprint density at radius 2 is 1.85 bits per heavy atom. The SMILES string of the molecule is CCCCn1c(N)c(N(Cc2ccccc2OC)C(=O)COc2ccc(Cl)cc2)c(=O)[nH]c1=O. The number of unbranched alkanes of at least 4 members (excludes halogenated alkanes) is 1. The van der Waals surface area contributed by atoms with Gasteiger partial charge in [0.05, 0.1) is 13.7 Å². The van der Waals surface area contributed by atoms with Gasteiger partial charge < -0.3 is 15.2 Å². The fourth-order valence-corrected chi connectivity index (χ4v) is 3.55. The van der Waals surface area contributed by atoms with E-state index < -0.39 is 17.2 Å². The van der Waals surface area contributed by atoms with E-state index in [1.165, 1.54) is 16.6 Å². The van der Waals surface area contributed by atoms with Crippen molar-refractivity contribution < 1.29 is 14.3 Å². The van der Waals surface area contributed by atoms with Crippen molar-refractivity contribution in [2.75, 3.05) is 24.4 Å². The van der Waals surface area contributed by atoms with Gasteiger partial charge in [0, 0.05) is 17.1 Å². The molecule has 0 aliphatic carbocycles. The van der Waals surface area contributed by atoms with Gasteiger partial charge >= 0.3 is 5.69 Å². The number of para-hydroxylation sites is 1. The Balaban J connectivity index is 2.02. The summed E-state index contributed by atoms with van der Waals surface area (Å²) in [7, 11) is 1.51. The maximum atomic E-state index is 13.3. The zero-order valence-electron chi connectivity index (χ0n) is 19.0. The molecule has 3 rings (SSSR count). The van der Waals surface area contributed by atoms with Crippen LogP contribution in [-0.2, 0) is 17.9 Å². The van der Waals surface area contributed by atoms with Crippen LogP contribution < -0.4 is 31.4 Å². The predicted octanol–water partition coefficient (Wildman–Crippen LogP) is 3.19. The van der Waals surface area contributed by atoms with Crippen molar-refractivity contribution in [1.82, 2.24) is 9.55 Å². The second kappa shape index (κ2) is 11.4. The third kappa shape index (κ3) is 5.79. The molecule has 1 heterocycles. The zero-order chi connectivity index (χ0) is 24.7. The highest BCUT2D eigenvalue weighted by molar-refractivity contribution is 6.30. The number of aromatic amines is 1. The molecule has 0 saturated heterocycles. The largest absolute Gasteiger partial charge is 0.496 e. The van der Waals surface area contributed by atoms with Crippen molar-refractivity contribution >= 4 is 29.0 Å². The van der Waals surface area contributed by atoms with Crippen molar-refractivity contribution in [3.63, 3.8) is 0 Å². The third-order valence-electron chi connectivity index (χ3n) is 5.22. The number of nitrogens with two attached hydrogens (primary N) is 1. The first-order valence-electron chi connectivity index (χ1n) is 10.8. The minimum absolute atomic E-state index is 0.0217. The number of carbonyl (C=O) groups is 1. The van der Waals surface area contributed by atoms with Crippen LogP contribution in [0.25, 0.3) is 0 Å². The first-order valence-corrected chi connectivity index (χ1v) is 11.2. The van der Waals surface area contributed by atoms with E-state index in [9.17, 15) is 14.4 Å². The van der Waals surface area contributed by atoms with Crippen LogP contribution >= 0.6 is 11.6 Å². The maximum absolute atomic E-state index is 13.3. The molecule has 0 unspecified atom stereocenters. The average Bonchev–Trinajstić information content (AvgIpc) is 2.83. The molecule has 3 aromatic rings. The lowest BCUT2D eigenvalue weighted by Gasteiger charge is -2.25. The van der Waals surface area contributed by atoms with Gasteiger partial charge in [-0.1, -0.05) is 43.1 Å². The van der Waals surface area contributed by atoms with Crippen LogP contribution in [0.3, 0.4) is 0 Å². The molecule has 34 heavy (non-hydrogen) atoms. The Morgan fingerprint density at radius 3 is 2.53 bits per heavy atom. The quantitative estimate of drug-likeness (QED) is 0.454. The van der Waals surface area contributed by atoms with Crippen LogP contribution in [0.5, 0.6) is 11.5 Å². The number of hydrogen-bond donors (Lipinski definition) is 2. The zero-order valence-corrected chi connectivity index (χ0v) is 19.8. The number of aromatic nitrogens is 2. The second-order valence-corrected chi connectivity index (χ2v) is 7.97. The molecule has 180 valence electrons. The number of halogens is 1. The molecule has 10 heteroatoms. The lowest BCUT2D eigenvalue weighted by atomic mass is 10.1. The van der Waals surface area contributed by atoms with E-state index in [0.29, 0.717) is 35.1 Å². The molecule has 2 aromatic carbocycles. The summed E-state index contributed by atoms with van der Waals surface area (Å²) in [5.41, 5.74) is 5.42. The molecule has 0 atom stereocenters. The van der Waals surface area contributed by atoms with E-state index in [1.54, 1.807) is 48.5 Å². The van der Waals surface area contributed by atoms with Crippen molar-refractivity contribution in [2.24, 2.45) is 0 Å². The van der Waals surface area contributed by atoms with Gasteiger partial charge in [-0.25, -0.2) is 4.79 Å². The summed E-state index contributed by atoms with van der Waals surface area (Å²) in [4.78, 5) is 42.1. The number of nitrogen functional groups attached to an aromatic ring is 1. The van der Waals surface area contributed by atoms with Crippen LogP contribution in [0, 0.1) is 0 Å². The molecule has 0 bridgehead atoms. The topological polar surface area (TPSA) is 120 Å². The fraction of sp³-hybridized carbons (Fsp3) is 0.292. The molecule has 9 nitrogen and oxygen atoms in total. The Morgan fingerprint density at radius 1 is 1.15 bits per heavy atom. The van der Waals surface area contributed by atoms with E-state index in [2.05, 4.69) is 4.98 Å². The Kier molecular flexibility index (Phi) is 8.37. The molecular formula is C24H27ClN4O5. The van der Waals surface area contributed by atoms with Crippen LogP contribution in [0.2, 0.25) is 5.02 Å². The maximum Gasteiger partial charge on any atom is 0.330 e. The summed E-state index contributed by atoms with van der Waals surface area (Å²) in [6.07, 6.45) is 1.49. The number of nitrogens with one attached hydrogen (secondary N) is 1. The Labute approximate surface area is 201 Å². The summed E-state index contributed by atoms with van der Waals surface area (Å²) in [5.74, 6) is 0.355. The summed E-state index contributed by atoms with van der Waals surface area (Å²) in [5, 5.41) is 0.533. The Hall–Kier alpha value is -3.72. The Bertz CT molecular complexity index is 1250. The average molecular weight is 487 g/mol. The number of amides is 1. The summed E-state index contributed by atoms with van der Waals surface area (Å²) in [6, 6.07) is 13.7. The molecule has 1 amide bonds. The molecule has 0 aliphatic heterocycles. The molecule has 1 aromatic heterocycles. The molecule has 0 aliphatic rings. The highest BCUT2D eigenvalue weighted by atomic mass is 35.5. The fourth-order valence-electron chi connectivity index (χ4n) is 3.43. The van der Waals surface area contributed by atoms with E-state index in [4.69, 9.17) is 26.8 Å². The lowest BCUT2D eigenvalue weighted by molar-refractivity contribution is -0.120. The van der Waals surface area contributed by atoms with Gasteiger partial charge in [0.25, 0.3) is 11.5 Å². The first kappa shape index (κ1) is 24.9. The number of ether oxygens (including phenoxy) is 2. The van der Waals surface area contributed by atoms with Gasteiger partial charge in [0.2, 0.25) is 0 Å². The molecule has 0 saturated carbocycles. The monoisotopic (exact) mass is 486 g/mol. The summed E-state index contributed by atoms with van der Waals surface area (Å²) >= 11 is 5.90. The highest BCUT2D eigenvalue weighted by Gasteiger charge is 2.26. The third-order valence-corrected chi connectivity index (χ3v) is 5.47. The molecule has 0 fully saturated rings. The smallest absolute Gasteiger partial charge is 0.330 e. The van der Waals surface area contributed by atoms with Crippen molar-refractivity contribution in [3.8, 4) is 11.5 Å². The minimum Gasteiger partial charge on any atom is -0.496 e. The van der Waals surface area contributed by atoms with Gasteiger partial charge in [-0.2, -0.15) is 0 Å². The van der Waals surface area contributed by atoms with Crippen LogP contribution in [0.4, 0.5) is 11.5 Å². The number of benzene rings is 2. The van der Waals surface area contributed by atoms with E-state index in [1.807, 2.05) is 6.92 Å². The molecule has 0 radical (unpaired) electrons. The van der Waals surface area contributed by atoms with Crippen LogP contribution in [-0.4, -0.2) is 29.2 Å². The number of anilines is 2. The molecule has 0 spiro atoms. The van der Waals surface area contributed by atoms with Gasteiger partial charge in [-0.05, 0) is 36.8 Å². The summed E-state index contributed by atoms with van der Waals surface area (Å²) in [6.45, 7) is 1.89. The highest BCUT2D eigenvalue weighted by Crippen LogP contribution is 2.25. The van der Waals surface area contributed by atoms with Gasteiger partial charge in [-0.15, -0.1) is 0 Å². The van der Waals surface area contributed by atoms with Gasteiger partial charge in [0.15, 0.2) is 12.3 Å². The van der Waals surface area contributed by atoms with E-state index in [0.717, 1.165) is 6.42 Å². The van der Waals surface area contributed by atoms with Crippen molar-refractivity contribution in [3.05, 3.63) is 80.0 Å². The van der Waals surface area contributed by atoms with Crippen LogP contribution in [0.1, 0.15) is 25.3 Å². The summed E-state index contributed by atoms with van der Waals surface area (Å²) < 4.78 is 12.3. The number of hydrogen-bond acceptors (Lipinski definition) is 6. The molecule has 3 N–H and O–H groups in total. The number of methoxy groups -OCH3 is 1. The lowest BCUT2D eigenvalue weighted by Crippen LogP contribution is -2.42. The number of rotatable bonds is 10. The van der Waals surface area contributed by atoms with Gasteiger partial charge in [-0.3, -0.25) is 24.0 Å². The number of H-pyrrole nitrogens is 1. The second-order valence-electron chi connectivity index (χ2n) is 7.53. The number of nitrogens with zero attached hydrogens (tertiary/aromatic N) is 2. The van der Waals surface area contributed by atoms with Crippen molar-refractivity contribution in [2.45, 2.75) is 32.9 Å².